The highest BCUT2D eigenvalue weighted by molar-refractivity contribution is 5.60. The van der Waals surface area contributed by atoms with Gasteiger partial charge in [0.15, 0.2) is 0 Å². The number of nitrogens with zero attached hydrogens (tertiary/aromatic N) is 1. The van der Waals surface area contributed by atoms with Crippen LogP contribution in [0.3, 0.4) is 0 Å². The van der Waals surface area contributed by atoms with E-state index < -0.39 is 0 Å². The molecule has 10 rings (SSSR count). The van der Waals surface area contributed by atoms with Crippen molar-refractivity contribution in [2.75, 3.05) is 53.7 Å². The van der Waals surface area contributed by atoms with E-state index >= 15 is 0 Å². The van der Waals surface area contributed by atoms with Crippen LogP contribution in [0.1, 0.15) is 179 Å². The first kappa shape index (κ1) is 57.4. The number of rotatable bonds is 6. The Labute approximate surface area is 472 Å². The minimum absolute atomic E-state index is 0.159. The Morgan fingerprint density at radius 3 is 1.04 bits per heavy atom. The van der Waals surface area contributed by atoms with Gasteiger partial charge in [0, 0.05) is 38.8 Å². The highest BCUT2D eigenvalue weighted by atomic mass is 16.5. The van der Waals surface area contributed by atoms with Crippen LogP contribution < -0.4 is 18.9 Å². The number of methoxy groups -OCH3 is 2. The van der Waals surface area contributed by atoms with Gasteiger partial charge in [0.25, 0.3) is 0 Å². The lowest BCUT2D eigenvalue weighted by Crippen LogP contribution is -2.34. The van der Waals surface area contributed by atoms with E-state index in [0.29, 0.717) is 71.7 Å². The van der Waals surface area contributed by atoms with Crippen LogP contribution in [0, 0.1) is 0 Å². The third-order valence-corrected chi connectivity index (χ3v) is 15.8. The van der Waals surface area contributed by atoms with Gasteiger partial charge in [0.2, 0.25) is 0 Å². The number of furan rings is 1. The van der Waals surface area contributed by atoms with Crippen molar-refractivity contribution in [2.45, 2.75) is 149 Å². The van der Waals surface area contributed by atoms with Crippen molar-refractivity contribution in [1.82, 2.24) is 4.90 Å². The molecule has 1 aromatic heterocycles. The Morgan fingerprint density at radius 1 is 0.418 bits per heavy atom. The van der Waals surface area contributed by atoms with E-state index in [2.05, 4.69) is 197 Å². The van der Waals surface area contributed by atoms with Crippen molar-refractivity contribution in [1.29, 1.82) is 0 Å². The Balaban J connectivity index is 1.32. The van der Waals surface area contributed by atoms with Gasteiger partial charge >= 0.3 is 0 Å². The van der Waals surface area contributed by atoms with Gasteiger partial charge in [0.05, 0.1) is 52.4 Å². The van der Waals surface area contributed by atoms with Crippen molar-refractivity contribution < 1.29 is 32.8 Å². The van der Waals surface area contributed by atoms with Gasteiger partial charge in [0.1, 0.15) is 42.0 Å². The summed E-state index contributed by atoms with van der Waals surface area (Å²) >= 11 is 0. The molecule has 3 heterocycles. The molecule has 0 spiro atoms. The van der Waals surface area contributed by atoms with E-state index in [-0.39, 0.29) is 33.9 Å². The summed E-state index contributed by atoms with van der Waals surface area (Å²) in [5.74, 6) is 4.38. The van der Waals surface area contributed by atoms with Crippen molar-refractivity contribution >= 4 is 0 Å². The van der Waals surface area contributed by atoms with Gasteiger partial charge in [-0.3, -0.25) is 4.90 Å². The molecule has 0 fully saturated rings. The number of ether oxygens (including phenoxy) is 6. The maximum atomic E-state index is 7.33. The maximum Gasteiger partial charge on any atom is 0.126 e. The highest BCUT2D eigenvalue weighted by Crippen LogP contribution is 2.44. The van der Waals surface area contributed by atoms with Crippen molar-refractivity contribution in [3.63, 3.8) is 0 Å². The normalized spacial score (nSPS) is 17.3. The Kier molecular flexibility index (Phi) is 17.3. The van der Waals surface area contributed by atoms with Gasteiger partial charge in [-0.1, -0.05) is 192 Å². The quantitative estimate of drug-likeness (QED) is 0.153. The fourth-order valence-electron chi connectivity index (χ4n) is 11.3. The highest BCUT2D eigenvalue weighted by Gasteiger charge is 2.30. The van der Waals surface area contributed by atoms with E-state index in [4.69, 9.17) is 32.8 Å². The van der Waals surface area contributed by atoms with E-state index in [1.54, 1.807) is 6.26 Å². The van der Waals surface area contributed by atoms with Crippen molar-refractivity contribution in [2.24, 2.45) is 0 Å². The lowest BCUT2D eigenvalue weighted by molar-refractivity contribution is -0.0226. The van der Waals surface area contributed by atoms with Gasteiger partial charge in [-0.05, 0) is 112 Å². The molecule has 8 nitrogen and oxygen atoms in total. The Hall–Kier alpha value is -6.32. The van der Waals surface area contributed by atoms with Crippen LogP contribution in [0.25, 0.3) is 0 Å². The first-order chi connectivity index (χ1) is 37.5. The lowest BCUT2D eigenvalue weighted by Gasteiger charge is -2.31. The van der Waals surface area contributed by atoms with Crippen molar-refractivity contribution in [3.05, 3.63) is 211 Å². The van der Waals surface area contributed by atoms with Crippen LogP contribution in [-0.2, 0) is 63.4 Å². The third-order valence-electron chi connectivity index (χ3n) is 15.8. The largest absolute Gasteiger partial charge is 0.496 e. The lowest BCUT2D eigenvalue weighted by atomic mass is 9.79. The monoisotopic (exact) mass is 1070 g/mol. The minimum Gasteiger partial charge on any atom is -0.496 e. The second-order valence-corrected chi connectivity index (χ2v) is 26.1. The SMILES string of the molecule is COc1c2cc(C(C)(C)C)cc1Cc1cc(C(C)(C)C)cc3c1OCCO[C@H](c1ccccc1)CN(Cc1ccco1)CC(c1ccccc1)OCCOc1c(cc(C(C)(C)C)cc1Cc1cc(C(C)(C)C)cc(c1OC)C3)C2. The summed E-state index contributed by atoms with van der Waals surface area (Å²) in [5.41, 5.74) is 15.4. The van der Waals surface area contributed by atoms with Crippen LogP contribution in [0.4, 0.5) is 0 Å². The second kappa shape index (κ2) is 23.8. The van der Waals surface area contributed by atoms with Crippen molar-refractivity contribution in [3.8, 4) is 23.0 Å². The molecule has 3 aliphatic rings. The molecule has 2 atom stereocenters. The average molecular weight is 1070 g/mol. The van der Waals surface area contributed by atoms with Gasteiger partial charge in [-0.25, -0.2) is 0 Å². The molecule has 0 N–H and O–H groups in total. The molecule has 6 aromatic carbocycles. The third kappa shape index (κ3) is 13.8. The van der Waals surface area contributed by atoms with Gasteiger partial charge in [-0.15, -0.1) is 0 Å². The number of hydrogen-bond acceptors (Lipinski definition) is 8. The summed E-state index contributed by atoms with van der Waals surface area (Å²) in [5, 5.41) is 0. The van der Waals surface area contributed by atoms with E-state index in [0.717, 1.165) is 84.4 Å². The summed E-state index contributed by atoms with van der Waals surface area (Å²) in [6.07, 6.45) is 3.50. The van der Waals surface area contributed by atoms with E-state index in [9.17, 15) is 0 Å². The van der Waals surface area contributed by atoms with Crippen LogP contribution in [0.15, 0.2) is 132 Å². The molecule has 0 radical (unpaired) electrons. The zero-order valence-electron chi connectivity index (χ0n) is 49.9. The summed E-state index contributed by atoms with van der Waals surface area (Å²) in [7, 11) is 3.65. The van der Waals surface area contributed by atoms with Crippen LogP contribution >= 0.6 is 0 Å². The maximum absolute atomic E-state index is 7.33. The molecule has 1 unspecified atom stereocenters. The zero-order valence-corrected chi connectivity index (χ0v) is 49.9. The molecule has 1 aliphatic carbocycles. The Bertz CT molecular complexity index is 2870. The first-order valence-corrected chi connectivity index (χ1v) is 28.6. The molecule has 0 saturated heterocycles. The summed E-state index contributed by atoms with van der Waals surface area (Å²) < 4.78 is 48.2. The van der Waals surface area contributed by atoms with E-state index in [1.165, 1.54) is 22.3 Å². The standard InChI is InChI=1S/C71H87NO7/c1-68(2,3)57-36-49-32-53-40-59(70(7,8)9)42-55-34-51-38-58(69(4,5)6)39-52(65(51)74-14)35-56-43-60(71(10,11)12)41-54(33-50(37-57)64(49)73-13)67(56)79-31-29-77-63(48-24-19-16-20-25-48)46-72(44-61-26-21-27-75-61)45-62(47-22-17-15-18-23-47)76-28-30-78-66(53)55/h15-27,36-43,62-63H,28-35,44-46H2,1-14H3/t62-,63?/m0/s1. The summed E-state index contributed by atoms with van der Waals surface area (Å²) in [6, 6.07) is 44.1. The van der Waals surface area contributed by atoms with Crippen LogP contribution in [0.5, 0.6) is 23.0 Å². The number of fused-ring (bicyclic) bond motifs is 12. The summed E-state index contributed by atoms with van der Waals surface area (Å²) in [6.45, 7) is 30.7. The molecule has 0 amide bonds. The minimum atomic E-state index is -0.295. The van der Waals surface area contributed by atoms with E-state index in [1.807, 2.05) is 26.4 Å². The predicted molar refractivity (Wildman–Crippen MR) is 320 cm³/mol. The molecule has 8 heteroatoms. The second-order valence-electron chi connectivity index (χ2n) is 26.1. The fourth-order valence-corrected chi connectivity index (χ4v) is 11.3. The molecule has 0 saturated carbocycles. The number of hydrogen-bond donors (Lipinski definition) is 0. The predicted octanol–water partition coefficient (Wildman–Crippen LogP) is 16.0. The zero-order chi connectivity index (χ0) is 56.3. The molecule has 79 heavy (non-hydrogen) atoms. The molecular weight excluding hydrogens is 979 g/mol. The molecule has 10 bridgehead atoms. The molecular formula is C71H87NO7. The summed E-state index contributed by atoms with van der Waals surface area (Å²) in [4.78, 5) is 2.40. The topological polar surface area (TPSA) is 71.8 Å². The average Bonchev–Trinajstić information content (AvgIpc) is 4.03. The fraction of sp³-hybridized carbons (Fsp3) is 0.437. The van der Waals surface area contributed by atoms with Crippen LogP contribution in [0.2, 0.25) is 0 Å². The smallest absolute Gasteiger partial charge is 0.126 e. The molecule has 2 aliphatic heterocycles. The van der Waals surface area contributed by atoms with Gasteiger partial charge in [-0.2, -0.15) is 0 Å². The Morgan fingerprint density at radius 2 is 0.747 bits per heavy atom. The first-order valence-electron chi connectivity index (χ1n) is 28.6. The van der Waals surface area contributed by atoms with Crippen LogP contribution in [-0.4, -0.2) is 58.6 Å². The molecule has 7 aromatic rings. The van der Waals surface area contributed by atoms with Gasteiger partial charge < -0.3 is 32.8 Å². The molecule has 418 valence electrons. The number of benzene rings is 6.